The number of phenols is 1. The van der Waals surface area contributed by atoms with Gasteiger partial charge in [-0.1, -0.05) is 29.3 Å². The number of carboxylic acid groups (broad SMARTS) is 2. The van der Waals surface area contributed by atoms with Gasteiger partial charge in [0.1, 0.15) is 28.4 Å². The van der Waals surface area contributed by atoms with E-state index in [-0.39, 0.29) is 66.9 Å². The summed E-state index contributed by atoms with van der Waals surface area (Å²) in [6.45, 7) is 1.78. The molecule has 2 amide bonds. The molecule has 0 fully saturated rings. The first-order chi connectivity index (χ1) is 30.6. The summed E-state index contributed by atoms with van der Waals surface area (Å²) in [5, 5.41) is 37.3. The van der Waals surface area contributed by atoms with Gasteiger partial charge in [0.25, 0.3) is 5.91 Å². The molecule has 64 heavy (non-hydrogen) atoms. The molecular formula is C48H36Cl2N4O10. The van der Waals surface area contributed by atoms with Crippen molar-refractivity contribution in [3.8, 4) is 50.7 Å². The van der Waals surface area contributed by atoms with Crippen LogP contribution in [0.15, 0.2) is 116 Å². The van der Waals surface area contributed by atoms with Crippen LogP contribution in [0, 0.1) is 0 Å². The van der Waals surface area contributed by atoms with E-state index in [1.807, 2.05) is 32.0 Å². The number of amides is 2. The van der Waals surface area contributed by atoms with E-state index < -0.39 is 30.3 Å². The molecule has 0 saturated heterocycles. The van der Waals surface area contributed by atoms with Crippen molar-refractivity contribution in [1.29, 1.82) is 0 Å². The van der Waals surface area contributed by atoms with Gasteiger partial charge in [-0.3, -0.25) is 19.4 Å². The van der Waals surface area contributed by atoms with Crippen molar-refractivity contribution < 1.29 is 43.3 Å². The third-order valence-electron chi connectivity index (χ3n) is 10.6. The number of carbonyl (C=O) groups excluding carboxylic acids is 2. The van der Waals surface area contributed by atoms with E-state index in [9.17, 15) is 39.3 Å². The second kappa shape index (κ2) is 17.2. The van der Waals surface area contributed by atoms with Crippen LogP contribution in [-0.4, -0.2) is 66.3 Å². The average Bonchev–Trinajstić information content (AvgIpc) is 3.25. The highest BCUT2D eigenvalue weighted by Gasteiger charge is 2.30. The SMILES string of the molecule is CC/N=c1\ccc2c(-c3c(Cl)c(C(=O)NCC(=O)NCc4ccc(C(=O)O)c(-c5c6ccc(=O)cc-6oc6cc(O)ccc56)c4)cc(Cl)c3C(=O)O)c3ccc(N(C)C)cc3oc-2c1. The molecule has 8 rings (SSSR count). The van der Waals surface area contributed by atoms with E-state index in [1.165, 1.54) is 42.5 Å². The highest BCUT2D eigenvalue weighted by atomic mass is 35.5. The fourth-order valence-electron chi connectivity index (χ4n) is 7.69. The van der Waals surface area contributed by atoms with Gasteiger partial charge < -0.3 is 39.7 Å². The zero-order valence-electron chi connectivity index (χ0n) is 34.2. The molecule has 0 bridgehead atoms. The summed E-state index contributed by atoms with van der Waals surface area (Å²) in [7, 11) is 3.73. The van der Waals surface area contributed by atoms with Crippen molar-refractivity contribution in [3.05, 3.63) is 145 Å². The summed E-state index contributed by atoms with van der Waals surface area (Å²) >= 11 is 13.7. The molecule has 4 aromatic carbocycles. The molecule has 2 aliphatic carbocycles. The molecule has 0 saturated carbocycles. The van der Waals surface area contributed by atoms with Gasteiger partial charge in [0, 0.05) is 95.7 Å². The highest BCUT2D eigenvalue weighted by molar-refractivity contribution is 6.41. The third-order valence-corrected chi connectivity index (χ3v) is 11.3. The van der Waals surface area contributed by atoms with Crippen LogP contribution in [0.25, 0.3) is 66.8 Å². The molecule has 0 spiro atoms. The van der Waals surface area contributed by atoms with Crippen LogP contribution in [0.3, 0.4) is 0 Å². The number of rotatable bonds is 11. The number of nitrogens with one attached hydrogen (secondary N) is 2. The summed E-state index contributed by atoms with van der Waals surface area (Å²) in [6, 6.07) is 24.8. The number of fused-ring (bicyclic) bond motifs is 4. The second-order valence-electron chi connectivity index (χ2n) is 14.9. The molecule has 4 aromatic rings. The second-order valence-corrected chi connectivity index (χ2v) is 15.7. The summed E-state index contributed by atoms with van der Waals surface area (Å²) < 4.78 is 12.3. The van der Waals surface area contributed by atoms with Crippen molar-refractivity contribution >= 4 is 74.6 Å². The molecule has 0 aromatic heterocycles. The van der Waals surface area contributed by atoms with Gasteiger partial charge in [0.15, 0.2) is 5.43 Å². The molecule has 4 aliphatic rings. The minimum Gasteiger partial charge on any atom is -0.508 e. The molecule has 5 N–H and O–H groups in total. The Kier molecular flexibility index (Phi) is 11.6. The molecule has 322 valence electrons. The lowest BCUT2D eigenvalue weighted by Gasteiger charge is -2.21. The number of aromatic hydroxyl groups is 1. The Hall–Kier alpha value is -7.68. The van der Waals surface area contributed by atoms with Crippen LogP contribution in [0.2, 0.25) is 10.0 Å². The highest BCUT2D eigenvalue weighted by Crippen LogP contribution is 2.47. The Balaban J connectivity index is 1.11. The molecule has 2 heterocycles. The van der Waals surface area contributed by atoms with Crippen LogP contribution in [-0.2, 0) is 11.3 Å². The van der Waals surface area contributed by atoms with Crippen LogP contribution in [0.4, 0.5) is 5.69 Å². The Morgan fingerprint density at radius 1 is 0.703 bits per heavy atom. The number of benzene rings is 6. The van der Waals surface area contributed by atoms with E-state index in [1.54, 1.807) is 42.5 Å². The fourth-order valence-corrected chi connectivity index (χ4v) is 8.31. The maximum atomic E-state index is 13.9. The quantitative estimate of drug-likeness (QED) is 0.0777. The zero-order chi connectivity index (χ0) is 45.6. The molecule has 0 atom stereocenters. The lowest BCUT2D eigenvalue weighted by molar-refractivity contribution is -0.120. The van der Waals surface area contributed by atoms with Gasteiger partial charge in [0.05, 0.1) is 38.6 Å². The molecule has 2 aliphatic heterocycles. The minimum atomic E-state index is -1.39. The van der Waals surface area contributed by atoms with Crippen molar-refractivity contribution in [3.63, 3.8) is 0 Å². The number of anilines is 1. The minimum absolute atomic E-state index is 0.0293. The van der Waals surface area contributed by atoms with Crippen LogP contribution in [0.1, 0.15) is 43.6 Å². The number of phenolic OH excluding ortho intramolecular Hbond substituents is 1. The van der Waals surface area contributed by atoms with E-state index in [0.717, 1.165) is 11.8 Å². The fraction of sp³-hybridized carbons (Fsp3) is 0.125. The summed E-state index contributed by atoms with van der Waals surface area (Å²) in [5.74, 6) is -3.61. The van der Waals surface area contributed by atoms with Crippen molar-refractivity contribution in [1.82, 2.24) is 10.6 Å². The summed E-state index contributed by atoms with van der Waals surface area (Å²) in [5.41, 5.74) is 2.92. The number of hydrogen-bond donors (Lipinski definition) is 5. The smallest absolute Gasteiger partial charge is 0.337 e. The molecule has 0 radical (unpaired) electrons. The maximum absolute atomic E-state index is 13.9. The Morgan fingerprint density at radius 3 is 2.11 bits per heavy atom. The van der Waals surface area contributed by atoms with Gasteiger partial charge in [0.2, 0.25) is 5.91 Å². The van der Waals surface area contributed by atoms with Crippen LogP contribution in [0.5, 0.6) is 5.75 Å². The first kappa shape index (κ1) is 43.0. The van der Waals surface area contributed by atoms with Crippen molar-refractivity contribution in [2.24, 2.45) is 4.99 Å². The first-order valence-corrected chi connectivity index (χ1v) is 20.4. The van der Waals surface area contributed by atoms with Gasteiger partial charge in [-0.2, -0.15) is 0 Å². The van der Waals surface area contributed by atoms with Crippen LogP contribution < -0.4 is 26.3 Å². The van der Waals surface area contributed by atoms with E-state index in [4.69, 9.17) is 32.0 Å². The predicted molar refractivity (Wildman–Crippen MR) is 243 cm³/mol. The number of halogens is 2. The lowest BCUT2D eigenvalue weighted by Crippen LogP contribution is -2.36. The number of carbonyl (C=O) groups is 4. The maximum Gasteiger partial charge on any atom is 0.337 e. The summed E-state index contributed by atoms with van der Waals surface area (Å²) in [6.07, 6.45) is 0. The van der Waals surface area contributed by atoms with Crippen molar-refractivity contribution in [2.45, 2.75) is 13.5 Å². The lowest BCUT2D eigenvalue weighted by atomic mass is 9.89. The molecule has 16 heteroatoms. The molecule has 0 unspecified atom stereocenters. The topological polar surface area (TPSA) is 212 Å². The standard InChI is InChI=1S/C48H36Cl2N4O10/c1-4-51-24-6-11-31-36(16-24)63-37-17-25(54(2)3)7-12-32(37)42(31)44-43(48(61)62)35(49)20-34(45(44)50)46(58)53-22-40(57)52-21-23-5-10-28(47(59)60)33(15-23)41-29-13-8-26(55)18-38(29)64-39-19-27(56)9-14-30(39)41/h5-20,55H,4,21-22H2,1-3H3,(H,52,57)(H,53,58)(H,59,60)(H,61,62)/b51-24+. The van der Waals surface area contributed by atoms with E-state index in [2.05, 4.69) is 15.6 Å². The number of nitrogens with zero attached hydrogens (tertiary/aromatic N) is 2. The average molecular weight is 900 g/mol. The Bertz CT molecular complexity index is 3320. The number of aromatic carboxylic acids is 2. The molecular weight excluding hydrogens is 863 g/mol. The number of hydrogen-bond acceptors (Lipinski definition) is 10. The monoisotopic (exact) mass is 898 g/mol. The van der Waals surface area contributed by atoms with Gasteiger partial charge >= 0.3 is 11.9 Å². The van der Waals surface area contributed by atoms with Crippen molar-refractivity contribution in [2.75, 3.05) is 32.1 Å². The van der Waals surface area contributed by atoms with Gasteiger partial charge in [-0.05, 0) is 84.8 Å². The third kappa shape index (κ3) is 8.07. The molecule has 14 nitrogen and oxygen atoms in total. The van der Waals surface area contributed by atoms with E-state index in [0.29, 0.717) is 61.8 Å². The van der Waals surface area contributed by atoms with E-state index >= 15 is 0 Å². The largest absolute Gasteiger partial charge is 0.508 e. The zero-order valence-corrected chi connectivity index (χ0v) is 35.7. The predicted octanol–water partition coefficient (Wildman–Crippen LogP) is 8.52. The summed E-state index contributed by atoms with van der Waals surface area (Å²) in [4.78, 5) is 71.2. The van der Waals surface area contributed by atoms with Gasteiger partial charge in [-0.25, -0.2) is 9.59 Å². The first-order valence-electron chi connectivity index (χ1n) is 19.7. The van der Waals surface area contributed by atoms with Gasteiger partial charge in [-0.15, -0.1) is 0 Å². The Labute approximate surface area is 373 Å². The number of carboxylic acids is 2. The Morgan fingerprint density at radius 2 is 1.39 bits per heavy atom. The normalized spacial score (nSPS) is 11.7. The van der Waals surface area contributed by atoms with Crippen LogP contribution >= 0.6 is 23.2 Å².